The molecule has 0 bridgehead atoms. The van der Waals surface area contributed by atoms with E-state index >= 15 is 0 Å². The number of benzene rings is 1. The largest absolute Gasteiger partial charge is 0.393 e. The Hall–Kier alpha value is -1.73. The van der Waals surface area contributed by atoms with Crippen molar-refractivity contribution in [2.75, 3.05) is 5.32 Å². The molecule has 0 aliphatic heterocycles. The van der Waals surface area contributed by atoms with Crippen molar-refractivity contribution in [3.63, 3.8) is 0 Å². The minimum absolute atomic E-state index is 0.0649. The molecule has 2 N–H and O–H groups in total. The number of anilines is 1. The molecule has 1 heterocycles. The van der Waals surface area contributed by atoms with E-state index in [1.165, 1.54) is 23.5 Å². The Morgan fingerprint density at radius 3 is 2.80 bits per heavy atom. The maximum atomic E-state index is 10.7. The third-order valence-electron chi connectivity index (χ3n) is 3.61. The Balaban J connectivity index is 1.77. The Morgan fingerprint density at radius 1 is 1.35 bits per heavy atom. The van der Waals surface area contributed by atoms with Crippen LogP contribution in [0, 0.1) is 10.1 Å². The molecule has 1 fully saturated rings. The van der Waals surface area contributed by atoms with E-state index in [1.807, 2.05) is 0 Å². The van der Waals surface area contributed by atoms with Crippen LogP contribution in [0.3, 0.4) is 0 Å². The summed E-state index contributed by atoms with van der Waals surface area (Å²) in [6.07, 6.45) is 3.31. The molecule has 0 unspecified atom stereocenters. The van der Waals surface area contributed by atoms with E-state index in [1.54, 1.807) is 6.07 Å². The van der Waals surface area contributed by atoms with Gasteiger partial charge in [0.2, 0.25) is 0 Å². The SMILES string of the molecule is O=[N+]([O-])c1ccc2sc(NC3CCC(O)CC3)nc2c1. The third kappa shape index (κ3) is 2.73. The van der Waals surface area contributed by atoms with Crippen LogP contribution in [-0.4, -0.2) is 27.2 Å². The molecule has 7 heteroatoms. The van der Waals surface area contributed by atoms with E-state index in [2.05, 4.69) is 10.3 Å². The van der Waals surface area contributed by atoms with E-state index in [0.717, 1.165) is 35.5 Å². The second-order valence-corrected chi connectivity index (χ2v) is 6.11. The lowest BCUT2D eigenvalue weighted by Crippen LogP contribution is -2.28. The lowest BCUT2D eigenvalue weighted by atomic mass is 9.93. The quantitative estimate of drug-likeness (QED) is 0.671. The van der Waals surface area contributed by atoms with Crippen molar-refractivity contribution in [2.24, 2.45) is 0 Å². The molecule has 2 aromatic rings. The molecule has 0 atom stereocenters. The minimum atomic E-state index is -0.408. The first-order valence-corrected chi connectivity index (χ1v) is 7.43. The monoisotopic (exact) mass is 293 g/mol. The molecule has 20 heavy (non-hydrogen) atoms. The molecule has 0 spiro atoms. The van der Waals surface area contributed by atoms with Crippen LogP contribution in [0.15, 0.2) is 18.2 Å². The fourth-order valence-electron chi connectivity index (χ4n) is 2.49. The number of aliphatic hydroxyl groups is 1. The van der Waals surface area contributed by atoms with Crippen LogP contribution in [0.1, 0.15) is 25.7 Å². The third-order valence-corrected chi connectivity index (χ3v) is 4.57. The average molecular weight is 293 g/mol. The van der Waals surface area contributed by atoms with Gasteiger partial charge in [-0.3, -0.25) is 10.1 Å². The summed E-state index contributed by atoms with van der Waals surface area (Å²) in [7, 11) is 0. The zero-order valence-electron chi connectivity index (χ0n) is 10.8. The molecule has 0 amide bonds. The highest BCUT2D eigenvalue weighted by molar-refractivity contribution is 7.22. The van der Waals surface area contributed by atoms with Gasteiger partial charge < -0.3 is 10.4 Å². The Labute approximate surface area is 119 Å². The molecular weight excluding hydrogens is 278 g/mol. The first kappa shape index (κ1) is 13.3. The Bertz CT molecular complexity index is 635. The summed E-state index contributed by atoms with van der Waals surface area (Å²) >= 11 is 1.50. The van der Waals surface area contributed by atoms with E-state index in [-0.39, 0.29) is 11.8 Å². The number of aliphatic hydroxyl groups excluding tert-OH is 1. The van der Waals surface area contributed by atoms with Gasteiger partial charge in [0.1, 0.15) is 0 Å². The second kappa shape index (κ2) is 5.34. The predicted octanol–water partition coefficient (Wildman–Crippen LogP) is 2.92. The van der Waals surface area contributed by atoms with Crippen molar-refractivity contribution in [1.82, 2.24) is 4.98 Å². The van der Waals surface area contributed by atoms with Gasteiger partial charge in [-0.15, -0.1) is 0 Å². The summed E-state index contributed by atoms with van der Waals surface area (Å²) in [4.78, 5) is 14.7. The molecule has 106 valence electrons. The topological polar surface area (TPSA) is 88.3 Å². The fraction of sp³-hybridized carbons (Fsp3) is 0.462. The van der Waals surface area contributed by atoms with Crippen LogP contribution in [-0.2, 0) is 0 Å². The number of nitro benzene ring substituents is 1. The minimum Gasteiger partial charge on any atom is -0.393 e. The number of fused-ring (bicyclic) bond motifs is 1. The van der Waals surface area contributed by atoms with Gasteiger partial charge in [-0.05, 0) is 31.7 Å². The standard InChI is InChI=1S/C13H15N3O3S/c17-10-4-1-8(2-5-10)14-13-15-11-7-9(16(18)19)3-6-12(11)20-13/h3,6-8,10,17H,1-2,4-5H2,(H,14,15). The lowest BCUT2D eigenvalue weighted by molar-refractivity contribution is -0.384. The number of aromatic nitrogens is 1. The zero-order valence-corrected chi connectivity index (χ0v) is 11.6. The number of nitrogens with zero attached hydrogens (tertiary/aromatic N) is 2. The summed E-state index contributed by atoms with van der Waals surface area (Å²) in [6.45, 7) is 0. The van der Waals surface area contributed by atoms with Crippen LogP contribution in [0.5, 0.6) is 0 Å². The molecule has 1 aromatic heterocycles. The van der Waals surface area contributed by atoms with Gasteiger partial charge in [0.25, 0.3) is 5.69 Å². The maximum Gasteiger partial charge on any atom is 0.271 e. The number of hydrogen-bond donors (Lipinski definition) is 2. The second-order valence-electron chi connectivity index (χ2n) is 5.08. The van der Waals surface area contributed by atoms with E-state index in [9.17, 15) is 15.2 Å². The van der Waals surface area contributed by atoms with E-state index < -0.39 is 4.92 Å². The van der Waals surface area contributed by atoms with Gasteiger partial charge in [-0.2, -0.15) is 0 Å². The summed E-state index contributed by atoms with van der Waals surface area (Å²) in [5.74, 6) is 0. The van der Waals surface area contributed by atoms with Crippen LogP contribution in [0.2, 0.25) is 0 Å². The van der Waals surface area contributed by atoms with Gasteiger partial charge in [0.05, 0.1) is 21.2 Å². The van der Waals surface area contributed by atoms with Crippen molar-refractivity contribution in [3.8, 4) is 0 Å². The Kier molecular flexibility index (Phi) is 3.54. The van der Waals surface area contributed by atoms with Crippen LogP contribution >= 0.6 is 11.3 Å². The molecule has 1 aliphatic rings. The number of hydrogen-bond acceptors (Lipinski definition) is 6. The highest BCUT2D eigenvalue weighted by atomic mass is 32.1. The summed E-state index contributed by atoms with van der Waals surface area (Å²) < 4.78 is 0.939. The number of nitrogens with one attached hydrogen (secondary N) is 1. The first-order valence-electron chi connectivity index (χ1n) is 6.61. The van der Waals surface area contributed by atoms with Crippen LogP contribution in [0.4, 0.5) is 10.8 Å². The fourth-order valence-corrected chi connectivity index (χ4v) is 3.41. The first-order chi connectivity index (χ1) is 9.61. The van der Waals surface area contributed by atoms with Crippen molar-refractivity contribution in [1.29, 1.82) is 0 Å². The van der Waals surface area contributed by atoms with Gasteiger partial charge in [0, 0.05) is 18.2 Å². The lowest BCUT2D eigenvalue weighted by Gasteiger charge is -2.25. The number of rotatable bonds is 3. The number of thiazole rings is 1. The van der Waals surface area contributed by atoms with Gasteiger partial charge in [-0.1, -0.05) is 11.3 Å². The highest BCUT2D eigenvalue weighted by Crippen LogP contribution is 2.30. The molecule has 1 aromatic carbocycles. The van der Waals surface area contributed by atoms with Crippen molar-refractivity contribution in [2.45, 2.75) is 37.8 Å². The van der Waals surface area contributed by atoms with Crippen LogP contribution in [0.25, 0.3) is 10.2 Å². The van der Waals surface area contributed by atoms with E-state index in [0.29, 0.717) is 11.6 Å². The van der Waals surface area contributed by atoms with Gasteiger partial charge in [0.15, 0.2) is 5.13 Å². The smallest absolute Gasteiger partial charge is 0.271 e. The molecule has 3 rings (SSSR count). The molecule has 1 aliphatic carbocycles. The molecular formula is C13H15N3O3S. The van der Waals surface area contributed by atoms with E-state index in [4.69, 9.17) is 0 Å². The summed E-state index contributed by atoms with van der Waals surface area (Å²) in [6, 6.07) is 5.07. The maximum absolute atomic E-state index is 10.7. The molecule has 0 saturated heterocycles. The van der Waals surface area contributed by atoms with Crippen molar-refractivity contribution >= 4 is 32.4 Å². The summed E-state index contributed by atoms with van der Waals surface area (Å²) in [5.41, 5.74) is 0.720. The zero-order chi connectivity index (χ0) is 14.1. The van der Waals surface area contributed by atoms with Crippen molar-refractivity contribution < 1.29 is 10.0 Å². The molecule has 0 radical (unpaired) electrons. The number of non-ortho nitro benzene ring substituents is 1. The normalized spacial score (nSPS) is 22.9. The predicted molar refractivity (Wildman–Crippen MR) is 78.2 cm³/mol. The van der Waals surface area contributed by atoms with Gasteiger partial charge in [-0.25, -0.2) is 4.98 Å². The van der Waals surface area contributed by atoms with Gasteiger partial charge >= 0.3 is 0 Å². The van der Waals surface area contributed by atoms with Crippen molar-refractivity contribution in [3.05, 3.63) is 28.3 Å². The average Bonchev–Trinajstić information content (AvgIpc) is 2.82. The molecule has 6 nitrogen and oxygen atoms in total. The Morgan fingerprint density at radius 2 is 2.10 bits per heavy atom. The molecule has 1 saturated carbocycles. The highest BCUT2D eigenvalue weighted by Gasteiger charge is 2.20. The number of nitro groups is 1. The summed E-state index contributed by atoms with van der Waals surface area (Å²) in [5, 5.41) is 24.4. The van der Waals surface area contributed by atoms with Crippen LogP contribution < -0.4 is 5.32 Å².